The van der Waals surface area contributed by atoms with E-state index in [0.717, 1.165) is 12.8 Å². The minimum Gasteiger partial charge on any atom is -0.497 e. The van der Waals surface area contributed by atoms with E-state index in [-0.39, 0.29) is 26.8 Å². The Kier molecular flexibility index (Phi) is 7.19. The smallest absolute Gasteiger partial charge is 0.338 e. The molecule has 0 unspecified atom stereocenters. The number of rotatable bonds is 8. The molecule has 0 aromatic heterocycles. The van der Waals surface area contributed by atoms with Crippen LogP contribution in [0.2, 0.25) is 5.02 Å². The third-order valence-electron chi connectivity index (χ3n) is 4.89. The fourth-order valence-electron chi connectivity index (χ4n) is 3.22. The predicted molar refractivity (Wildman–Crippen MR) is 114 cm³/mol. The van der Waals surface area contributed by atoms with E-state index in [9.17, 15) is 18.0 Å². The van der Waals surface area contributed by atoms with Crippen LogP contribution in [0.1, 0.15) is 33.6 Å². The van der Waals surface area contributed by atoms with E-state index >= 15 is 0 Å². The molecule has 1 fully saturated rings. The Morgan fingerprint density at radius 3 is 2.39 bits per heavy atom. The molecule has 1 aliphatic rings. The summed E-state index contributed by atoms with van der Waals surface area (Å²) in [7, 11) is -0.918. The molecule has 10 heteroatoms. The Bertz CT molecular complexity index is 1090. The van der Waals surface area contributed by atoms with E-state index in [1.165, 1.54) is 42.8 Å². The molecule has 0 atom stereocenters. The van der Waals surface area contributed by atoms with Crippen molar-refractivity contribution in [1.29, 1.82) is 0 Å². The minimum atomic E-state index is -3.82. The molecule has 166 valence electrons. The molecule has 0 spiro atoms. The number of hydrogen-bond donors (Lipinski definition) is 0. The highest BCUT2D eigenvalue weighted by atomic mass is 35.5. The molecule has 1 saturated heterocycles. The standard InChI is InChI=1S/C21H22ClNO7S/c1-28-15-6-7-16(19(12-15)29-2)18(24)13-30-21(25)14-5-8-17(22)20(11-14)31(26,27)23-9-3-4-10-23/h5-8,11-12H,3-4,9-10,13H2,1-2H3. The van der Waals surface area contributed by atoms with Crippen LogP contribution in [0.25, 0.3) is 0 Å². The van der Waals surface area contributed by atoms with Gasteiger partial charge in [0.05, 0.1) is 30.4 Å². The zero-order valence-corrected chi connectivity index (χ0v) is 18.7. The number of methoxy groups -OCH3 is 2. The summed E-state index contributed by atoms with van der Waals surface area (Å²) in [6.07, 6.45) is 1.55. The van der Waals surface area contributed by atoms with Gasteiger partial charge in [0, 0.05) is 19.2 Å². The van der Waals surface area contributed by atoms with Gasteiger partial charge in [-0.2, -0.15) is 4.31 Å². The molecule has 0 aliphatic carbocycles. The van der Waals surface area contributed by atoms with Crippen molar-refractivity contribution in [2.45, 2.75) is 17.7 Å². The molecule has 0 N–H and O–H groups in total. The van der Waals surface area contributed by atoms with Crippen LogP contribution in [0.5, 0.6) is 11.5 Å². The van der Waals surface area contributed by atoms with Crippen molar-refractivity contribution in [2.75, 3.05) is 33.9 Å². The van der Waals surface area contributed by atoms with Crippen LogP contribution < -0.4 is 9.47 Å². The van der Waals surface area contributed by atoms with Crippen LogP contribution in [0.15, 0.2) is 41.3 Å². The highest BCUT2D eigenvalue weighted by molar-refractivity contribution is 7.89. The molecule has 8 nitrogen and oxygen atoms in total. The summed E-state index contributed by atoms with van der Waals surface area (Å²) >= 11 is 6.09. The highest BCUT2D eigenvalue weighted by Crippen LogP contribution is 2.29. The summed E-state index contributed by atoms with van der Waals surface area (Å²) in [6, 6.07) is 8.51. The maximum Gasteiger partial charge on any atom is 0.338 e. The van der Waals surface area contributed by atoms with E-state index in [4.69, 9.17) is 25.8 Å². The van der Waals surface area contributed by atoms with Crippen molar-refractivity contribution in [3.8, 4) is 11.5 Å². The van der Waals surface area contributed by atoms with Crippen LogP contribution in [-0.2, 0) is 14.8 Å². The van der Waals surface area contributed by atoms with Gasteiger partial charge in [0.25, 0.3) is 0 Å². The molecule has 2 aromatic carbocycles. The lowest BCUT2D eigenvalue weighted by molar-refractivity contribution is 0.0473. The SMILES string of the molecule is COc1ccc(C(=O)COC(=O)c2ccc(Cl)c(S(=O)(=O)N3CCCC3)c2)c(OC)c1. The maximum atomic E-state index is 12.8. The van der Waals surface area contributed by atoms with Crippen LogP contribution in [0.3, 0.4) is 0 Å². The van der Waals surface area contributed by atoms with Crippen LogP contribution in [0.4, 0.5) is 0 Å². The van der Waals surface area contributed by atoms with Gasteiger partial charge in [-0.3, -0.25) is 4.79 Å². The number of esters is 1. The number of hydrogen-bond acceptors (Lipinski definition) is 7. The Labute approximate surface area is 185 Å². The number of benzene rings is 2. The first-order valence-corrected chi connectivity index (χ1v) is 11.3. The van der Waals surface area contributed by atoms with Gasteiger partial charge >= 0.3 is 5.97 Å². The number of carbonyl (C=O) groups is 2. The van der Waals surface area contributed by atoms with Crippen molar-refractivity contribution in [1.82, 2.24) is 4.31 Å². The minimum absolute atomic E-state index is 0.0162. The zero-order valence-electron chi connectivity index (χ0n) is 17.1. The third kappa shape index (κ3) is 5.00. The van der Waals surface area contributed by atoms with Gasteiger partial charge < -0.3 is 14.2 Å². The summed E-state index contributed by atoms with van der Waals surface area (Å²) in [6.45, 7) is 0.273. The largest absolute Gasteiger partial charge is 0.497 e. The summed E-state index contributed by atoms with van der Waals surface area (Å²) in [4.78, 5) is 24.8. The normalized spacial score (nSPS) is 14.3. The number of nitrogens with zero attached hydrogens (tertiary/aromatic N) is 1. The second-order valence-electron chi connectivity index (χ2n) is 6.82. The number of Topliss-reactive ketones (excluding diaryl/α,β-unsaturated/α-hetero) is 1. The van der Waals surface area contributed by atoms with E-state index in [1.54, 1.807) is 12.1 Å². The molecule has 0 amide bonds. The quantitative estimate of drug-likeness (QED) is 0.434. The zero-order chi connectivity index (χ0) is 22.6. The first kappa shape index (κ1) is 23.1. The molecule has 0 radical (unpaired) electrons. The first-order chi connectivity index (χ1) is 14.8. The van der Waals surface area contributed by atoms with Crippen molar-refractivity contribution < 1.29 is 32.2 Å². The molecule has 1 aliphatic heterocycles. The van der Waals surface area contributed by atoms with Crippen LogP contribution >= 0.6 is 11.6 Å². The topological polar surface area (TPSA) is 99.2 Å². The average Bonchev–Trinajstić information content (AvgIpc) is 3.32. The molecule has 2 aromatic rings. The fourth-order valence-corrected chi connectivity index (χ4v) is 5.23. The Morgan fingerprint density at radius 1 is 1.03 bits per heavy atom. The van der Waals surface area contributed by atoms with Gasteiger partial charge in [-0.1, -0.05) is 11.6 Å². The van der Waals surface area contributed by atoms with E-state index in [1.807, 2.05) is 0 Å². The van der Waals surface area contributed by atoms with E-state index in [0.29, 0.717) is 18.8 Å². The average molecular weight is 468 g/mol. The molecule has 1 heterocycles. The van der Waals surface area contributed by atoms with Crippen molar-refractivity contribution in [3.63, 3.8) is 0 Å². The summed E-state index contributed by atoms with van der Waals surface area (Å²) < 4.78 is 42.4. The Hall–Kier alpha value is -2.62. The second-order valence-corrected chi connectivity index (χ2v) is 9.14. The van der Waals surface area contributed by atoms with Gasteiger partial charge in [0.1, 0.15) is 16.4 Å². The molecule has 3 rings (SSSR count). The monoisotopic (exact) mass is 467 g/mol. The molecule has 0 saturated carbocycles. The third-order valence-corrected chi connectivity index (χ3v) is 7.27. The maximum absolute atomic E-state index is 12.8. The Morgan fingerprint density at radius 2 is 1.74 bits per heavy atom. The predicted octanol–water partition coefficient (Wildman–Crippen LogP) is 3.18. The molecule has 0 bridgehead atoms. The van der Waals surface area contributed by atoms with Crippen molar-refractivity contribution >= 4 is 33.4 Å². The first-order valence-electron chi connectivity index (χ1n) is 9.50. The lowest BCUT2D eigenvalue weighted by Crippen LogP contribution is -2.28. The Balaban J connectivity index is 1.75. The second kappa shape index (κ2) is 9.67. The lowest BCUT2D eigenvalue weighted by atomic mass is 10.1. The van der Waals surface area contributed by atoms with Gasteiger partial charge in [0.15, 0.2) is 6.61 Å². The highest BCUT2D eigenvalue weighted by Gasteiger charge is 2.30. The van der Waals surface area contributed by atoms with Crippen molar-refractivity contribution in [3.05, 3.63) is 52.5 Å². The van der Waals surface area contributed by atoms with Gasteiger partial charge in [0.2, 0.25) is 15.8 Å². The number of ketones is 1. The summed E-state index contributed by atoms with van der Waals surface area (Å²) in [5.74, 6) is -0.522. The van der Waals surface area contributed by atoms with E-state index in [2.05, 4.69) is 0 Å². The molecule has 31 heavy (non-hydrogen) atoms. The number of halogens is 1. The van der Waals surface area contributed by atoms with Crippen molar-refractivity contribution in [2.24, 2.45) is 0 Å². The van der Waals surface area contributed by atoms with Crippen LogP contribution in [0, 0.1) is 0 Å². The van der Waals surface area contributed by atoms with Gasteiger partial charge in [-0.25, -0.2) is 13.2 Å². The molecular weight excluding hydrogens is 446 g/mol. The van der Waals surface area contributed by atoms with Crippen LogP contribution in [-0.4, -0.2) is 58.4 Å². The van der Waals surface area contributed by atoms with Gasteiger partial charge in [-0.05, 0) is 43.2 Å². The number of sulfonamides is 1. The van der Waals surface area contributed by atoms with E-state index < -0.39 is 28.4 Å². The molecular formula is C21H22ClNO7S. The fraction of sp³-hybridized carbons (Fsp3) is 0.333. The summed E-state index contributed by atoms with van der Waals surface area (Å²) in [5.41, 5.74) is 0.209. The number of carbonyl (C=O) groups excluding carboxylic acids is 2. The number of ether oxygens (including phenoxy) is 3. The lowest BCUT2D eigenvalue weighted by Gasteiger charge is -2.17. The summed E-state index contributed by atoms with van der Waals surface area (Å²) in [5, 5.41) is 0.0162. The van der Waals surface area contributed by atoms with Gasteiger partial charge in [-0.15, -0.1) is 0 Å².